The molecule has 2 N–H and O–H groups in total. The van der Waals surface area contributed by atoms with Crippen LogP contribution in [0.25, 0.3) is 33.0 Å². The fraction of sp³-hybridized carbons (Fsp3) is 0.105. The smallest absolute Gasteiger partial charge is 0.0488 e. The first-order valence-electron chi connectivity index (χ1n) is 14.1. The van der Waals surface area contributed by atoms with Crippen molar-refractivity contribution in [2.45, 2.75) is 26.7 Å². The molecule has 6 aromatic carbocycles. The third-order valence-electron chi connectivity index (χ3n) is 7.78. The summed E-state index contributed by atoms with van der Waals surface area (Å²) in [7, 11) is 0. The van der Waals surface area contributed by atoms with Crippen LogP contribution in [0.3, 0.4) is 0 Å². The summed E-state index contributed by atoms with van der Waals surface area (Å²) in [5.41, 5.74) is 18.1. The molecule has 0 saturated carbocycles. The molecule has 0 unspecified atom stereocenters. The van der Waals surface area contributed by atoms with Crippen LogP contribution < -0.4 is 10.6 Å². The van der Waals surface area contributed by atoms with Crippen molar-refractivity contribution in [2.75, 3.05) is 10.6 Å². The first-order valence-corrected chi connectivity index (χ1v) is 14.1. The fourth-order valence-corrected chi connectivity index (χ4v) is 5.37. The molecule has 0 atom stereocenters. The van der Waals surface area contributed by atoms with Gasteiger partial charge >= 0.3 is 0 Å². The van der Waals surface area contributed by atoms with Crippen molar-refractivity contribution >= 4 is 33.5 Å². The Morgan fingerprint density at radius 3 is 1.35 bits per heavy atom. The summed E-state index contributed by atoms with van der Waals surface area (Å²) in [6.07, 6.45) is 2.10. The zero-order valence-electron chi connectivity index (χ0n) is 23.1. The molecule has 0 amide bonds. The Morgan fingerprint density at radius 2 is 0.900 bits per heavy atom. The molecule has 0 radical (unpaired) electrons. The highest BCUT2D eigenvalue weighted by molar-refractivity contribution is 5.97. The zero-order valence-corrected chi connectivity index (χ0v) is 23.1. The molecule has 196 valence electrons. The largest absolute Gasteiger partial charge is 0.398 e. The number of anilines is 4. The third-order valence-corrected chi connectivity index (χ3v) is 7.78. The summed E-state index contributed by atoms with van der Waals surface area (Å²) in [6.45, 7) is 4.37. The second kappa shape index (κ2) is 11.1. The van der Waals surface area contributed by atoms with Crippen molar-refractivity contribution in [3.8, 4) is 22.3 Å². The van der Waals surface area contributed by atoms with Crippen molar-refractivity contribution in [3.63, 3.8) is 0 Å². The second-order valence-corrected chi connectivity index (χ2v) is 10.3. The topological polar surface area (TPSA) is 29.3 Å². The zero-order chi connectivity index (χ0) is 27.5. The summed E-state index contributed by atoms with van der Waals surface area (Å²) in [4.78, 5) is 2.29. The molecule has 0 aromatic heterocycles. The van der Waals surface area contributed by atoms with Crippen LogP contribution in [0.15, 0.2) is 133 Å². The molecule has 0 heterocycles. The molecule has 6 aromatic rings. The van der Waals surface area contributed by atoms with E-state index >= 15 is 0 Å². The normalized spacial score (nSPS) is 11.1. The second-order valence-electron chi connectivity index (χ2n) is 10.3. The van der Waals surface area contributed by atoms with Gasteiger partial charge in [-0.2, -0.15) is 0 Å². The van der Waals surface area contributed by atoms with E-state index in [0.29, 0.717) is 0 Å². The molecular weight excluding hydrogens is 484 g/mol. The molecule has 2 nitrogen and oxygen atoms in total. The Balaban J connectivity index is 1.41. The van der Waals surface area contributed by atoms with Gasteiger partial charge in [0.05, 0.1) is 0 Å². The minimum absolute atomic E-state index is 0.776. The Labute approximate surface area is 237 Å². The van der Waals surface area contributed by atoms with Gasteiger partial charge in [-0.3, -0.25) is 0 Å². The van der Waals surface area contributed by atoms with Crippen LogP contribution in [0.2, 0.25) is 0 Å². The lowest BCUT2D eigenvalue weighted by molar-refractivity contribution is 1.14. The lowest BCUT2D eigenvalue weighted by Gasteiger charge is -2.27. The van der Waals surface area contributed by atoms with Gasteiger partial charge < -0.3 is 10.6 Å². The Bertz CT molecular complexity index is 1640. The number of nitrogens with two attached hydrogens (primary N) is 1. The van der Waals surface area contributed by atoms with Crippen LogP contribution in [-0.2, 0) is 12.8 Å². The molecule has 0 aliphatic rings. The maximum Gasteiger partial charge on any atom is 0.0488 e. The van der Waals surface area contributed by atoms with Crippen molar-refractivity contribution in [1.29, 1.82) is 0 Å². The van der Waals surface area contributed by atoms with Gasteiger partial charge in [-0.15, -0.1) is 0 Å². The van der Waals surface area contributed by atoms with Gasteiger partial charge in [-0.25, -0.2) is 0 Å². The summed E-state index contributed by atoms with van der Waals surface area (Å²) in [6, 6.07) is 47.9. The predicted octanol–water partition coefficient (Wildman–Crippen LogP) is 10.4. The molecule has 0 fully saturated rings. The number of hydrogen-bond acceptors (Lipinski definition) is 2. The monoisotopic (exact) mass is 518 g/mol. The molecule has 0 saturated heterocycles. The van der Waals surface area contributed by atoms with E-state index in [-0.39, 0.29) is 0 Å². The number of hydrogen-bond donors (Lipinski definition) is 1. The Morgan fingerprint density at radius 1 is 0.475 bits per heavy atom. The van der Waals surface area contributed by atoms with Gasteiger partial charge in [0.1, 0.15) is 0 Å². The maximum atomic E-state index is 6.57. The molecule has 0 spiro atoms. The summed E-state index contributed by atoms with van der Waals surface area (Å²) < 4.78 is 0. The van der Waals surface area contributed by atoms with Gasteiger partial charge in [0, 0.05) is 28.1 Å². The molecule has 40 heavy (non-hydrogen) atoms. The van der Waals surface area contributed by atoms with Crippen LogP contribution >= 0.6 is 0 Å². The third kappa shape index (κ3) is 5.09. The van der Waals surface area contributed by atoms with E-state index in [1.54, 1.807) is 0 Å². The molecule has 0 bridgehead atoms. The molecule has 0 aliphatic carbocycles. The van der Waals surface area contributed by atoms with Crippen molar-refractivity contribution < 1.29 is 0 Å². The van der Waals surface area contributed by atoms with Crippen LogP contribution in [0.1, 0.15) is 25.0 Å². The quantitative estimate of drug-likeness (QED) is 0.213. The highest BCUT2D eigenvalue weighted by Gasteiger charge is 2.15. The van der Waals surface area contributed by atoms with Gasteiger partial charge in [0.15, 0.2) is 0 Å². The predicted molar refractivity (Wildman–Crippen MR) is 173 cm³/mol. The van der Waals surface area contributed by atoms with Crippen molar-refractivity contribution in [3.05, 3.63) is 145 Å². The number of fused-ring (bicyclic) bond motifs is 1. The lowest BCUT2D eigenvalue weighted by Crippen LogP contribution is -2.10. The van der Waals surface area contributed by atoms with Crippen molar-refractivity contribution in [1.82, 2.24) is 0 Å². The van der Waals surface area contributed by atoms with Crippen molar-refractivity contribution in [2.24, 2.45) is 0 Å². The lowest BCUT2D eigenvalue weighted by atomic mass is 10.0. The minimum Gasteiger partial charge on any atom is -0.398 e. The van der Waals surface area contributed by atoms with Gasteiger partial charge in [0.25, 0.3) is 0 Å². The van der Waals surface area contributed by atoms with E-state index in [1.165, 1.54) is 33.4 Å². The van der Waals surface area contributed by atoms with E-state index in [4.69, 9.17) is 5.73 Å². The number of aryl methyl sites for hydroxylation is 2. The maximum absolute atomic E-state index is 6.57. The Hall–Kier alpha value is -4.82. The minimum atomic E-state index is 0.776. The van der Waals surface area contributed by atoms with Crippen LogP contribution in [-0.4, -0.2) is 0 Å². The SMILES string of the molecule is CCc1ccc(-c2ccc(N(c3ccc(-c4ccc(CC)cc4)cc3)c3cc(N)c4ccccc4c3)cc2)cc1. The number of benzene rings is 6. The molecule has 2 heteroatoms. The average Bonchev–Trinajstić information content (AvgIpc) is 3.02. The van der Waals surface area contributed by atoms with E-state index in [2.05, 4.69) is 146 Å². The summed E-state index contributed by atoms with van der Waals surface area (Å²) in [5.74, 6) is 0. The fourth-order valence-electron chi connectivity index (χ4n) is 5.37. The number of rotatable bonds is 7. The van der Waals surface area contributed by atoms with Crippen LogP contribution in [0.4, 0.5) is 22.7 Å². The van der Waals surface area contributed by atoms with Crippen LogP contribution in [0, 0.1) is 0 Å². The standard InChI is InChI=1S/C38H34N2/c1-3-27-9-13-29(14-10-27)31-17-21-34(22-18-31)40(36-25-33-7-5-6-8-37(33)38(39)26-36)35-23-19-32(20-24-35)30-15-11-28(4-2)12-16-30/h5-26H,3-4,39H2,1-2H3. The van der Waals surface area contributed by atoms with E-state index in [0.717, 1.165) is 46.4 Å². The molecular formula is C38H34N2. The number of nitrogen functional groups attached to an aromatic ring is 1. The van der Waals surface area contributed by atoms with Gasteiger partial charge in [-0.1, -0.05) is 111 Å². The van der Waals surface area contributed by atoms with E-state index in [1.807, 2.05) is 6.07 Å². The molecule has 6 rings (SSSR count). The van der Waals surface area contributed by atoms with E-state index < -0.39 is 0 Å². The van der Waals surface area contributed by atoms with Gasteiger partial charge in [0.2, 0.25) is 0 Å². The van der Waals surface area contributed by atoms with E-state index in [9.17, 15) is 0 Å². The highest BCUT2D eigenvalue weighted by Crippen LogP contribution is 2.39. The van der Waals surface area contributed by atoms with Gasteiger partial charge in [-0.05, 0) is 88.0 Å². The highest BCUT2D eigenvalue weighted by atomic mass is 15.1. The van der Waals surface area contributed by atoms with Crippen LogP contribution in [0.5, 0.6) is 0 Å². The number of nitrogens with zero attached hydrogens (tertiary/aromatic N) is 1. The average molecular weight is 519 g/mol. The Kier molecular flexibility index (Phi) is 7.08. The first-order chi connectivity index (χ1) is 19.6. The summed E-state index contributed by atoms with van der Waals surface area (Å²) >= 11 is 0. The molecule has 0 aliphatic heterocycles. The summed E-state index contributed by atoms with van der Waals surface area (Å²) in [5, 5.41) is 2.20. The first kappa shape index (κ1) is 25.5.